The van der Waals surface area contributed by atoms with E-state index in [4.69, 9.17) is 4.74 Å². The van der Waals surface area contributed by atoms with Gasteiger partial charge in [-0.1, -0.05) is 0 Å². The summed E-state index contributed by atoms with van der Waals surface area (Å²) in [6.45, 7) is 2.10. The predicted molar refractivity (Wildman–Crippen MR) is 81.8 cm³/mol. The van der Waals surface area contributed by atoms with E-state index in [0.29, 0.717) is 26.9 Å². The molecule has 0 spiro atoms. The maximum Gasteiger partial charge on any atom is 0.342 e. The smallest absolute Gasteiger partial charge is 0.342 e. The van der Waals surface area contributed by atoms with Crippen LogP contribution in [-0.4, -0.2) is 26.9 Å². The lowest BCUT2D eigenvalue weighted by molar-refractivity contribution is 0.0524. The third-order valence-electron chi connectivity index (χ3n) is 2.88. The number of aromatic nitrogens is 3. The molecule has 0 atom stereocenters. The molecule has 102 valence electrons. The number of carbonyl (C=O) groups is 1. The fourth-order valence-corrected chi connectivity index (χ4v) is 3.70. The Bertz CT molecular complexity index is 829. The van der Waals surface area contributed by atoms with Crippen molar-refractivity contribution >= 4 is 54.5 Å². The number of halogens is 2. The van der Waals surface area contributed by atoms with Crippen LogP contribution >= 0.6 is 31.9 Å². The SMILES string of the molecule is CCOC(=O)c1c(Br)c2ccc3nccnc3n2c1Br. The van der Waals surface area contributed by atoms with Gasteiger partial charge in [0.1, 0.15) is 15.7 Å². The van der Waals surface area contributed by atoms with Crippen LogP contribution in [0.3, 0.4) is 0 Å². The van der Waals surface area contributed by atoms with Gasteiger partial charge in [-0.15, -0.1) is 0 Å². The van der Waals surface area contributed by atoms with Crippen LogP contribution in [0.1, 0.15) is 17.3 Å². The lowest BCUT2D eigenvalue weighted by atomic mass is 10.3. The first kappa shape index (κ1) is 13.5. The van der Waals surface area contributed by atoms with Crippen molar-refractivity contribution in [1.29, 1.82) is 0 Å². The first-order chi connectivity index (χ1) is 9.65. The minimum Gasteiger partial charge on any atom is -0.462 e. The Balaban J connectivity index is 2.40. The van der Waals surface area contributed by atoms with Gasteiger partial charge >= 0.3 is 5.97 Å². The summed E-state index contributed by atoms with van der Waals surface area (Å²) < 4.78 is 8.19. The Morgan fingerprint density at radius 1 is 1.30 bits per heavy atom. The molecule has 0 aromatic carbocycles. The monoisotopic (exact) mass is 397 g/mol. The van der Waals surface area contributed by atoms with Gasteiger partial charge in [0.05, 0.1) is 16.6 Å². The molecule has 20 heavy (non-hydrogen) atoms. The van der Waals surface area contributed by atoms with Crippen LogP contribution in [0, 0.1) is 0 Å². The number of hydrogen-bond acceptors (Lipinski definition) is 4. The van der Waals surface area contributed by atoms with Crippen LogP contribution in [0.15, 0.2) is 33.6 Å². The quantitative estimate of drug-likeness (QED) is 0.619. The van der Waals surface area contributed by atoms with Crippen LogP contribution < -0.4 is 0 Å². The number of nitrogens with zero attached hydrogens (tertiary/aromatic N) is 3. The molecule has 0 fully saturated rings. The van der Waals surface area contributed by atoms with E-state index in [-0.39, 0.29) is 5.97 Å². The van der Waals surface area contributed by atoms with E-state index < -0.39 is 0 Å². The lowest BCUT2D eigenvalue weighted by Crippen LogP contribution is -2.05. The minimum atomic E-state index is -0.382. The van der Waals surface area contributed by atoms with Crippen LogP contribution in [0.4, 0.5) is 0 Å². The van der Waals surface area contributed by atoms with Crippen molar-refractivity contribution in [2.45, 2.75) is 6.92 Å². The van der Waals surface area contributed by atoms with Crippen molar-refractivity contribution in [3.63, 3.8) is 0 Å². The number of pyridine rings is 1. The van der Waals surface area contributed by atoms with E-state index in [9.17, 15) is 4.79 Å². The largest absolute Gasteiger partial charge is 0.462 e. The molecule has 0 radical (unpaired) electrons. The third-order valence-corrected chi connectivity index (χ3v) is 4.44. The molecule has 3 rings (SSSR count). The summed E-state index contributed by atoms with van der Waals surface area (Å²) in [5, 5.41) is 0. The molecule has 5 nitrogen and oxygen atoms in total. The van der Waals surface area contributed by atoms with Gasteiger partial charge < -0.3 is 4.74 Å². The van der Waals surface area contributed by atoms with Gasteiger partial charge in [0.2, 0.25) is 0 Å². The maximum atomic E-state index is 12.1. The van der Waals surface area contributed by atoms with E-state index in [0.717, 1.165) is 11.0 Å². The van der Waals surface area contributed by atoms with Crippen molar-refractivity contribution in [2.24, 2.45) is 0 Å². The minimum absolute atomic E-state index is 0.324. The summed E-state index contributed by atoms with van der Waals surface area (Å²) in [6, 6.07) is 3.75. The van der Waals surface area contributed by atoms with Crippen LogP contribution in [0.2, 0.25) is 0 Å². The van der Waals surface area contributed by atoms with Crippen molar-refractivity contribution in [1.82, 2.24) is 14.4 Å². The molecule has 0 aliphatic rings. The Kier molecular flexibility index (Phi) is 3.47. The van der Waals surface area contributed by atoms with Crippen LogP contribution in [0.25, 0.3) is 16.7 Å². The molecule has 0 unspecified atom stereocenters. The molecule has 7 heteroatoms. The normalized spacial score (nSPS) is 11.2. The van der Waals surface area contributed by atoms with Crippen molar-refractivity contribution in [3.05, 3.63) is 39.2 Å². The number of hydrogen-bond donors (Lipinski definition) is 0. The van der Waals surface area contributed by atoms with E-state index in [2.05, 4.69) is 41.8 Å². The molecule has 0 amide bonds. The first-order valence-corrected chi connectivity index (χ1v) is 7.50. The molecule has 3 aromatic rings. The Morgan fingerprint density at radius 2 is 2.05 bits per heavy atom. The number of rotatable bonds is 2. The Labute approximate surface area is 131 Å². The standard InChI is InChI=1S/C13H9Br2N3O2/c1-2-20-13(19)9-10(14)8-4-3-7-12(17-6-5-16-7)18(8)11(9)15/h3-6H,2H2,1H3. The van der Waals surface area contributed by atoms with E-state index in [1.807, 2.05) is 16.5 Å². The second kappa shape index (κ2) is 5.14. The number of fused-ring (bicyclic) bond motifs is 3. The van der Waals surface area contributed by atoms with E-state index in [1.54, 1.807) is 19.3 Å². The Morgan fingerprint density at radius 3 is 2.80 bits per heavy atom. The number of esters is 1. The Hall–Kier alpha value is -1.47. The summed E-state index contributed by atoms with van der Waals surface area (Å²) in [4.78, 5) is 20.6. The number of ether oxygens (including phenoxy) is 1. The molecule has 0 aliphatic carbocycles. The highest BCUT2D eigenvalue weighted by molar-refractivity contribution is 9.11. The zero-order chi connectivity index (χ0) is 14.3. The van der Waals surface area contributed by atoms with E-state index >= 15 is 0 Å². The summed E-state index contributed by atoms with van der Waals surface area (Å²) >= 11 is 6.92. The second-order valence-electron chi connectivity index (χ2n) is 4.02. The molecule has 0 saturated carbocycles. The number of carbonyl (C=O) groups excluding carboxylic acids is 1. The highest BCUT2D eigenvalue weighted by atomic mass is 79.9. The molecular weight excluding hydrogens is 390 g/mol. The molecule has 0 bridgehead atoms. The summed E-state index contributed by atoms with van der Waals surface area (Å²) in [5.41, 5.74) is 2.70. The summed E-state index contributed by atoms with van der Waals surface area (Å²) in [5.74, 6) is -0.382. The van der Waals surface area contributed by atoms with Gasteiger partial charge in [0.25, 0.3) is 0 Å². The molecule has 3 heterocycles. The van der Waals surface area contributed by atoms with Gasteiger partial charge in [0.15, 0.2) is 5.65 Å². The molecule has 0 saturated heterocycles. The van der Waals surface area contributed by atoms with Crippen molar-refractivity contribution in [3.8, 4) is 0 Å². The third kappa shape index (κ3) is 1.92. The fourth-order valence-electron chi connectivity index (χ4n) is 2.06. The highest BCUT2D eigenvalue weighted by Gasteiger charge is 2.23. The zero-order valence-corrected chi connectivity index (χ0v) is 13.6. The average molecular weight is 399 g/mol. The van der Waals surface area contributed by atoms with Gasteiger partial charge in [0, 0.05) is 12.4 Å². The van der Waals surface area contributed by atoms with Gasteiger partial charge in [-0.25, -0.2) is 9.78 Å². The second-order valence-corrected chi connectivity index (χ2v) is 5.56. The highest BCUT2D eigenvalue weighted by Crippen LogP contribution is 2.35. The predicted octanol–water partition coefficient (Wildman–Crippen LogP) is 3.58. The van der Waals surface area contributed by atoms with Gasteiger partial charge in [-0.3, -0.25) is 9.38 Å². The lowest BCUT2D eigenvalue weighted by Gasteiger charge is -2.02. The first-order valence-electron chi connectivity index (χ1n) is 5.91. The van der Waals surface area contributed by atoms with Gasteiger partial charge in [-0.2, -0.15) is 0 Å². The van der Waals surface area contributed by atoms with Gasteiger partial charge in [-0.05, 0) is 50.9 Å². The molecule has 3 aromatic heterocycles. The molecule has 0 aliphatic heterocycles. The van der Waals surface area contributed by atoms with E-state index in [1.165, 1.54) is 0 Å². The zero-order valence-electron chi connectivity index (χ0n) is 10.4. The fraction of sp³-hybridized carbons (Fsp3) is 0.154. The van der Waals surface area contributed by atoms with Crippen LogP contribution in [-0.2, 0) is 4.74 Å². The summed E-state index contributed by atoms with van der Waals surface area (Å²) in [7, 11) is 0. The maximum absolute atomic E-state index is 12.1. The molecular formula is C13H9Br2N3O2. The summed E-state index contributed by atoms with van der Waals surface area (Å²) in [6.07, 6.45) is 3.25. The topological polar surface area (TPSA) is 56.5 Å². The van der Waals surface area contributed by atoms with Crippen molar-refractivity contribution < 1.29 is 9.53 Å². The molecule has 0 N–H and O–H groups in total. The van der Waals surface area contributed by atoms with Crippen molar-refractivity contribution in [2.75, 3.05) is 6.61 Å². The average Bonchev–Trinajstić information content (AvgIpc) is 2.71. The van der Waals surface area contributed by atoms with Crippen LogP contribution in [0.5, 0.6) is 0 Å².